The van der Waals surface area contributed by atoms with Crippen LogP contribution in [0.5, 0.6) is 0 Å². The second-order valence-corrected chi connectivity index (χ2v) is 6.22. The summed E-state index contributed by atoms with van der Waals surface area (Å²) in [4.78, 5) is 23.0. The van der Waals surface area contributed by atoms with Crippen LogP contribution in [0.15, 0.2) is 6.20 Å². The van der Waals surface area contributed by atoms with Crippen LogP contribution < -0.4 is 11.1 Å². The van der Waals surface area contributed by atoms with Crippen molar-refractivity contribution in [2.75, 3.05) is 6.54 Å². The van der Waals surface area contributed by atoms with Gasteiger partial charge in [-0.15, -0.1) is 5.10 Å². The molecule has 0 bridgehead atoms. The van der Waals surface area contributed by atoms with Crippen molar-refractivity contribution in [3.63, 3.8) is 0 Å². The molecule has 1 aromatic heterocycles. The molecule has 8 heteroatoms. The molecule has 0 fully saturated rings. The minimum atomic E-state index is -0.906. The predicted octanol–water partition coefficient (Wildman–Crippen LogP) is -0.01000. The molecule has 1 atom stereocenters. The summed E-state index contributed by atoms with van der Waals surface area (Å²) in [6, 6.07) is 0. The van der Waals surface area contributed by atoms with Crippen molar-refractivity contribution in [2.24, 2.45) is 17.1 Å². The number of nitrogens with one attached hydrogen (secondary N) is 1. The van der Waals surface area contributed by atoms with Gasteiger partial charge in [0.1, 0.15) is 6.54 Å². The van der Waals surface area contributed by atoms with E-state index in [1.165, 1.54) is 4.68 Å². The first-order valence-corrected chi connectivity index (χ1v) is 6.80. The summed E-state index contributed by atoms with van der Waals surface area (Å²) in [7, 11) is 0. The molecule has 0 saturated heterocycles. The Balaban J connectivity index is 2.48. The molecule has 0 radical (unpaired) electrons. The lowest BCUT2D eigenvalue weighted by Gasteiger charge is -2.23. The van der Waals surface area contributed by atoms with Crippen molar-refractivity contribution in [1.29, 1.82) is 0 Å². The molecule has 1 rings (SSSR count). The summed E-state index contributed by atoms with van der Waals surface area (Å²) in [6.07, 6.45) is 2.08. The number of rotatable bonds is 7. The second kappa shape index (κ2) is 7.16. The number of carbonyl (C=O) groups is 2. The Morgan fingerprint density at radius 3 is 2.62 bits per heavy atom. The van der Waals surface area contributed by atoms with Crippen LogP contribution in [0, 0.1) is 11.3 Å². The Kier molecular flexibility index (Phi) is 5.83. The average Bonchev–Trinajstić information content (AvgIpc) is 2.80. The Morgan fingerprint density at radius 2 is 2.14 bits per heavy atom. The van der Waals surface area contributed by atoms with Gasteiger partial charge in [0.05, 0.1) is 17.8 Å². The molecule has 4 N–H and O–H groups in total. The molecule has 0 aromatic carbocycles. The first-order chi connectivity index (χ1) is 9.71. The molecule has 0 aliphatic carbocycles. The van der Waals surface area contributed by atoms with Crippen molar-refractivity contribution >= 4 is 11.9 Å². The molecular formula is C13H23N5O3. The quantitative estimate of drug-likeness (QED) is 0.650. The van der Waals surface area contributed by atoms with Crippen LogP contribution in [0.3, 0.4) is 0 Å². The molecule has 21 heavy (non-hydrogen) atoms. The van der Waals surface area contributed by atoms with Gasteiger partial charge in [-0.2, -0.15) is 0 Å². The summed E-state index contributed by atoms with van der Waals surface area (Å²) in [5.41, 5.74) is 5.88. The van der Waals surface area contributed by atoms with E-state index in [2.05, 4.69) is 15.6 Å². The normalized spacial score (nSPS) is 13.0. The van der Waals surface area contributed by atoms with E-state index in [0.29, 0.717) is 12.1 Å². The van der Waals surface area contributed by atoms with Gasteiger partial charge in [0.2, 0.25) is 5.91 Å². The van der Waals surface area contributed by atoms with Crippen molar-refractivity contribution in [2.45, 2.75) is 40.3 Å². The number of aromatic nitrogens is 3. The Morgan fingerprint density at radius 1 is 1.48 bits per heavy atom. The average molecular weight is 297 g/mol. The molecule has 0 saturated carbocycles. The number of carbonyl (C=O) groups excluding carboxylic acids is 1. The molecule has 0 spiro atoms. The second-order valence-electron chi connectivity index (χ2n) is 6.22. The van der Waals surface area contributed by atoms with E-state index in [4.69, 9.17) is 5.73 Å². The van der Waals surface area contributed by atoms with Gasteiger partial charge in [-0.1, -0.05) is 26.0 Å². The largest absolute Gasteiger partial charge is 0.481 e. The van der Waals surface area contributed by atoms with E-state index in [0.717, 1.165) is 0 Å². The highest BCUT2D eigenvalue weighted by Crippen LogP contribution is 2.24. The zero-order chi connectivity index (χ0) is 16.0. The monoisotopic (exact) mass is 297 g/mol. The minimum Gasteiger partial charge on any atom is -0.481 e. The van der Waals surface area contributed by atoms with E-state index < -0.39 is 11.9 Å². The zero-order valence-electron chi connectivity index (χ0n) is 12.7. The Bertz CT molecular complexity index is 492. The zero-order valence-corrected chi connectivity index (χ0v) is 12.7. The standard InChI is InChI=1S/C13H23N5O3/c1-13(2,3)4-9(12(20)21)6-15-11(19)8-18-7-10(5-14)16-17-18/h7,9H,4-6,8,14H2,1-3H3,(H,15,19)(H,20,21). The molecule has 118 valence electrons. The van der Waals surface area contributed by atoms with E-state index in [1.807, 2.05) is 20.8 Å². The maximum Gasteiger partial charge on any atom is 0.308 e. The Hall–Kier alpha value is -1.96. The van der Waals surface area contributed by atoms with Gasteiger partial charge in [-0.25, -0.2) is 4.68 Å². The molecule has 1 aromatic rings. The third kappa shape index (κ3) is 6.35. The smallest absolute Gasteiger partial charge is 0.308 e. The molecule has 0 aliphatic rings. The molecule has 1 unspecified atom stereocenters. The SMILES string of the molecule is CC(C)(C)CC(CNC(=O)Cn1cc(CN)nn1)C(=O)O. The third-order valence-electron chi connectivity index (χ3n) is 2.85. The fourth-order valence-electron chi connectivity index (χ4n) is 1.94. The van der Waals surface area contributed by atoms with Gasteiger partial charge >= 0.3 is 5.97 Å². The number of amides is 1. The van der Waals surface area contributed by atoms with Gasteiger partial charge in [0, 0.05) is 13.1 Å². The summed E-state index contributed by atoms with van der Waals surface area (Å²) >= 11 is 0. The van der Waals surface area contributed by atoms with Gasteiger partial charge in [-0.3, -0.25) is 9.59 Å². The van der Waals surface area contributed by atoms with Gasteiger partial charge < -0.3 is 16.2 Å². The molecular weight excluding hydrogens is 274 g/mol. The summed E-state index contributed by atoms with van der Waals surface area (Å²) in [5, 5.41) is 19.3. The topological polar surface area (TPSA) is 123 Å². The van der Waals surface area contributed by atoms with Crippen molar-refractivity contribution in [3.05, 3.63) is 11.9 Å². The van der Waals surface area contributed by atoms with E-state index in [-0.39, 0.29) is 31.0 Å². The summed E-state index contributed by atoms with van der Waals surface area (Å²) in [5.74, 6) is -1.82. The third-order valence-corrected chi connectivity index (χ3v) is 2.85. The lowest BCUT2D eigenvalue weighted by atomic mass is 9.84. The van der Waals surface area contributed by atoms with Crippen LogP contribution in [-0.2, 0) is 22.7 Å². The molecule has 1 heterocycles. The predicted molar refractivity (Wildman–Crippen MR) is 76.1 cm³/mol. The minimum absolute atomic E-state index is 0.00510. The van der Waals surface area contributed by atoms with E-state index >= 15 is 0 Å². The molecule has 8 nitrogen and oxygen atoms in total. The first kappa shape index (κ1) is 17.1. The highest BCUT2D eigenvalue weighted by atomic mass is 16.4. The fourth-order valence-corrected chi connectivity index (χ4v) is 1.94. The lowest BCUT2D eigenvalue weighted by Crippen LogP contribution is -2.36. The first-order valence-electron chi connectivity index (χ1n) is 6.80. The molecule has 1 amide bonds. The maximum atomic E-state index is 11.8. The van der Waals surface area contributed by atoms with Crippen LogP contribution >= 0.6 is 0 Å². The van der Waals surface area contributed by atoms with Gasteiger partial charge in [0.15, 0.2) is 0 Å². The molecule has 0 aliphatic heterocycles. The van der Waals surface area contributed by atoms with Crippen LogP contribution in [0.4, 0.5) is 0 Å². The van der Waals surface area contributed by atoms with Crippen LogP contribution in [0.25, 0.3) is 0 Å². The van der Waals surface area contributed by atoms with Crippen LogP contribution in [-0.4, -0.2) is 38.5 Å². The summed E-state index contributed by atoms with van der Waals surface area (Å²) in [6.45, 7) is 6.25. The van der Waals surface area contributed by atoms with Crippen molar-refractivity contribution < 1.29 is 14.7 Å². The van der Waals surface area contributed by atoms with E-state index in [1.54, 1.807) is 6.20 Å². The van der Waals surface area contributed by atoms with Crippen LogP contribution in [0.2, 0.25) is 0 Å². The fraction of sp³-hybridized carbons (Fsp3) is 0.692. The number of carboxylic acid groups (broad SMARTS) is 1. The van der Waals surface area contributed by atoms with Gasteiger partial charge in [-0.05, 0) is 11.8 Å². The van der Waals surface area contributed by atoms with E-state index in [9.17, 15) is 14.7 Å². The lowest BCUT2D eigenvalue weighted by molar-refractivity contribution is -0.142. The number of nitrogens with two attached hydrogens (primary N) is 1. The number of hydrogen-bond donors (Lipinski definition) is 3. The number of nitrogens with zero attached hydrogens (tertiary/aromatic N) is 3. The maximum absolute atomic E-state index is 11.8. The van der Waals surface area contributed by atoms with Crippen molar-refractivity contribution in [1.82, 2.24) is 20.3 Å². The van der Waals surface area contributed by atoms with Crippen LogP contribution in [0.1, 0.15) is 32.9 Å². The highest BCUT2D eigenvalue weighted by Gasteiger charge is 2.25. The number of carboxylic acids is 1. The van der Waals surface area contributed by atoms with Crippen molar-refractivity contribution in [3.8, 4) is 0 Å². The van der Waals surface area contributed by atoms with Gasteiger partial charge in [0.25, 0.3) is 0 Å². The highest BCUT2D eigenvalue weighted by molar-refractivity contribution is 5.77. The number of aliphatic carboxylic acids is 1. The summed E-state index contributed by atoms with van der Waals surface area (Å²) < 4.78 is 1.37. The Labute approximate surface area is 123 Å². The number of hydrogen-bond acceptors (Lipinski definition) is 5.